The van der Waals surface area contributed by atoms with Gasteiger partial charge in [-0.25, -0.2) is 0 Å². The molecule has 0 radical (unpaired) electrons. The maximum Gasteiger partial charge on any atom is 0.223 e. The summed E-state index contributed by atoms with van der Waals surface area (Å²) < 4.78 is 0.509. The molecule has 0 fully saturated rings. The van der Waals surface area contributed by atoms with Gasteiger partial charge in [0.1, 0.15) is 6.10 Å². The Hall–Kier alpha value is -2.15. The fourth-order valence-corrected chi connectivity index (χ4v) is 3.65. The van der Waals surface area contributed by atoms with Crippen LogP contribution in [0.3, 0.4) is 0 Å². The second-order valence-corrected chi connectivity index (χ2v) is 9.79. The number of nitrogens with one attached hydrogen (secondary N) is 1. The van der Waals surface area contributed by atoms with E-state index in [4.69, 9.17) is 29.5 Å². The number of hydrogen-bond donors (Lipinski definition) is 4. The number of aliphatic hydroxyl groups is 1. The summed E-state index contributed by atoms with van der Waals surface area (Å²) in [5.74, 6) is 14.2. The third-order valence-electron chi connectivity index (χ3n) is 4.22. The maximum atomic E-state index is 11.9. The van der Waals surface area contributed by atoms with Crippen LogP contribution in [0.4, 0.5) is 0 Å². The van der Waals surface area contributed by atoms with Gasteiger partial charge < -0.3 is 21.9 Å². The Labute approximate surface area is 231 Å². The van der Waals surface area contributed by atoms with Crippen LogP contribution in [-0.4, -0.2) is 46.4 Å². The first kappa shape index (κ1) is 32.8. The van der Waals surface area contributed by atoms with E-state index in [1.54, 1.807) is 30.4 Å². The third-order valence-corrected chi connectivity index (χ3v) is 6.70. The van der Waals surface area contributed by atoms with E-state index in [0.29, 0.717) is 36.8 Å². The zero-order valence-electron chi connectivity index (χ0n) is 19.7. The molecular weight excluding hydrogens is 596 g/mol. The van der Waals surface area contributed by atoms with E-state index in [2.05, 4.69) is 71.8 Å². The number of unbranched alkanes of at least 4 members (excludes halogenated alkanes) is 3. The van der Waals surface area contributed by atoms with E-state index in [1.807, 2.05) is 0 Å². The number of aliphatic hydroxyl groups excluding tert-OH is 1. The van der Waals surface area contributed by atoms with E-state index in [-0.39, 0.29) is 23.1 Å². The molecule has 190 valence electrons. The zero-order chi connectivity index (χ0) is 26.3. The van der Waals surface area contributed by atoms with Crippen molar-refractivity contribution in [1.82, 2.24) is 5.32 Å². The minimum Gasteiger partial charge on any atom is -0.386 e. The topological polar surface area (TPSA) is 114 Å². The van der Waals surface area contributed by atoms with Gasteiger partial charge in [-0.05, 0) is 37.5 Å². The van der Waals surface area contributed by atoms with Crippen molar-refractivity contribution >= 4 is 55.3 Å². The molecule has 0 rings (SSSR count). The van der Waals surface area contributed by atoms with Crippen LogP contribution in [0.15, 0.2) is 39.9 Å². The number of carbonyl (C=O) groups excluding carboxylic acids is 1. The van der Waals surface area contributed by atoms with Gasteiger partial charge in [-0.15, -0.1) is 23.9 Å². The molecule has 0 aromatic carbocycles. The molecule has 0 aliphatic heterocycles. The molecule has 6 N–H and O–H groups in total. The van der Waals surface area contributed by atoms with Crippen molar-refractivity contribution in [1.29, 1.82) is 0 Å². The van der Waals surface area contributed by atoms with Gasteiger partial charge in [-0.2, -0.15) is 0 Å². The quantitative estimate of drug-likeness (QED) is 0.0584. The van der Waals surface area contributed by atoms with Crippen LogP contribution in [-0.2, 0) is 4.79 Å². The lowest BCUT2D eigenvalue weighted by Gasteiger charge is -2.20. The van der Waals surface area contributed by atoms with Gasteiger partial charge in [0.2, 0.25) is 5.91 Å². The van der Waals surface area contributed by atoms with E-state index >= 15 is 0 Å². The Morgan fingerprint density at radius 3 is 2.57 bits per heavy atom. The molecule has 6 nitrogen and oxygen atoms in total. The molecule has 0 aliphatic rings. The summed E-state index contributed by atoms with van der Waals surface area (Å²) in [4.78, 5) is 15.5. The number of halogens is 3. The summed E-state index contributed by atoms with van der Waals surface area (Å²) in [6.45, 7) is 1.20. The fraction of sp³-hybridized carbons (Fsp3) is 0.462. The third kappa shape index (κ3) is 19.8. The van der Waals surface area contributed by atoms with E-state index in [0.717, 1.165) is 19.3 Å². The number of carbonyl (C=O) groups is 1. The van der Waals surface area contributed by atoms with Gasteiger partial charge in [0, 0.05) is 48.1 Å². The first-order valence-corrected chi connectivity index (χ1v) is 13.3. The normalized spacial score (nSPS) is 13.6. The van der Waals surface area contributed by atoms with E-state index < -0.39 is 11.5 Å². The Morgan fingerprint density at radius 2 is 1.89 bits per heavy atom. The number of hydrogen-bond acceptors (Lipinski definition) is 3. The van der Waals surface area contributed by atoms with Crippen LogP contribution >= 0.6 is 43.5 Å². The van der Waals surface area contributed by atoms with Crippen molar-refractivity contribution in [2.75, 3.05) is 13.1 Å². The summed E-state index contributed by atoms with van der Waals surface area (Å²) in [5.41, 5.74) is 10.5. The lowest BCUT2D eigenvalue weighted by atomic mass is 10.1. The number of guanidine groups is 1. The van der Waals surface area contributed by atoms with Crippen LogP contribution < -0.4 is 16.8 Å². The summed E-state index contributed by atoms with van der Waals surface area (Å²) in [6.07, 6.45) is 17.3. The summed E-state index contributed by atoms with van der Waals surface area (Å²) in [6, 6.07) is 0. The van der Waals surface area contributed by atoms with Crippen LogP contribution in [0.5, 0.6) is 0 Å². The molecule has 0 heterocycles. The van der Waals surface area contributed by atoms with E-state index in [1.165, 1.54) is 0 Å². The van der Waals surface area contributed by atoms with Gasteiger partial charge in [-0.1, -0.05) is 67.7 Å². The second-order valence-electron chi connectivity index (χ2n) is 7.19. The lowest BCUT2D eigenvalue weighted by Crippen LogP contribution is -2.29. The minimum absolute atomic E-state index is 0.0718. The number of nitrogens with zero attached hydrogens (tertiary/aromatic N) is 1. The second kappa shape index (κ2) is 22.3. The van der Waals surface area contributed by atoms with Gasteiger partial charge >= 0.3 is 0 Å². The first-order chi connectivity index (χ1) is 16.8. The van der Waals surface area contributed by atoms with Crippen molar-refractivity contribution in [2.45, 2.75) is 61.3 Å². The number of nitrogens with two attached hydrogens (primary N) is 2. The molecule has 9 heteroatoms. The number of aliphatic imine (C=N–C) groups is 1. The molecule has 0 aliphatic carbocycles. The molecule has 3 atom stereocenters. The Morgan fingerprint density at radius 1 is 1.17 bits per heavy atom. The van der Waals surface area contributed by atoms with Crippen molar-refractivity contribution in [3.05, 3.63) is 34.9 Å². The number of alkyl halides is 2. The Bertz CT molecular complexity index is 914. The van der Waals surface area contributed by atoms with Gasteiger partial charge in [0.15, 0.2) is 5.96 Å². The summed E-state index contributed by atoms with van der Waals surface area (Å²) >= 11 is 13.2. The fourth-order valence-electron chi connectivity index (χ4n) is 2.38. The molecule has 0 bridgehead atoms. The number of rotatable bonds is 14. The zero-order valence-corrected chi connectivity index (χ0v) is 23.6. The van der Waals surface area contributed by atoms with Crippen LogP contribution in [0.2, 0.25) is 0 Å². The van der Waals surface area contributed by atoms with Crippen LogP contribution in [0.1, 0.15) is 44.9 Å². The van der Waals surface area contributed by atoms with Crippen LogP contribution in [0.25, 0.3) is 0 Å². The highest BCUT2D eigenvalue weighted by Gasteiger charge is 2.25. The molecule has 0 aromatic rings. The van der Waals surface area contributed by atoms with Crippen molar-refractivity contribution in [3.8, 4) is 36.0 Å². The molecule has 0 saturated heterocycles. The van der Waals surface area contributed by atoms with Crippen molar-refractivity contribution < 1.29 is 9.90 Å². The largest absolute Gasteiger partial charge is 0.386 e. The maximum absolute atomic E-state index is 11.9. The molecule has 1 amide bonds. The SMILES string of the molecule is C#CCCC#CC=CC#CCC(Br)C(Cl)C(O)C(Br)=CC=CCC(=O)NCCCCCN=C(N)N. The predicted molar refractivity (Wildman–Crippen MR) is 154 cm³/mol. The highest BCUT2D eigenvalue weighted by molar-refractivity contribution is 9.11. The first-order valence-electron chi connectivity index (χ1n) is 11.1. The van der Waals surface area contributed by atoms with Crippen molar-refractivity contribution in [2.24, 2.45) is 16.5 Å². The predicted octanol–water partition coefficient (Wildman–Crippen LogP) is 3.87. The lowest BCUT2D eigenvalue weighted by molar-refractivity contribution is -0.120. The van der Waals surface area contributed by atoms with Gasteiger partial charge in [-0.3, -0.25) is 9.79 Å². The number of amides is 1. The van der Waals surface area contributed by atoms with Gasteiger partial charge in [0.25, 0.3) is 0 Å². The molecule has 0 saturated carbocycles. The highest BCUT2D eigenvalue weighted by Crippen LogP contribution is 2.25. The molecule has 35 heavy (non-hydrogen) atoms. The molecule has 0 aromatic heterocycles. The highest BCUT2D eigenvalue weighted by atomic mass is 79.9. The number of allylic oxidation sites excluding steroid dienone is 4. The average molecular weight is 629 g/mol. The van der Waals surface area contributed by atoms with Crippen LogP contribution in [0, 0.1) is 36.0 Å². The molecule has 3 unspecified atom stereocenters. The smallest absolute Gasteiger partial charge is 0.223 e. The number of terminal acetylenes is 1. The summed E-state index contributed by atoms with van der Waals surface area (Å²) in [5, 5.41) is 12.7. The standard InChI is InChI=1S/C26H33Br2ClN4O2/c1-2-3-4-5-6-7-8-9-11-16-21(27)24(29)25(35)22(28)17-12-13-18-23(34)32-19-14-10-15-20-33-26(30)31/h1,7-8,12-13,17,21,24-25,35H,3-4,10,14-16,18-20H2,(H,32,34)(H4,30,31,33). The van der Waals surface area contributed by atoms with Crippen molar-refractivity contribution in [3.63, 3.8) is 0 Å². The molecule has 0 spiro atoms. The minimum atomic E-state index is -0.933. The summed E-state index contributed by atoms with van der Waals surface area (Å²) in [7, 11) is 0. The molecular formula is C26H33Br2ClN4O2. The van der Waals surface area contributed by atoms with E-state index in [9.17, 15) is 9.90 Å². The monoisotopic (exact) mass is 626 g/mol. The van der Waals surface area contributed by atoms with Gasteiger partial charge in [0.05, 0.1) is 5.38 Å². The Balaban J connectivity index is 4.28. The average Bonchev–Trinajstić information content (AvgIpc) is 2.83. The Kier molecular flexibility index (Phi) is 21.0.